The van der Waals surface area contributed by atoms with Gasteiger partial charge in [-0.3, -0.25) is 4.79 Å². The Bertz CT molecular complexity index is 353. The molecule has 13 heavy (non-hydrogen) atoms. The van der Waals surface area contributed by atoms with E-state index in [2.05, 4.69) is 5.32 Å². The molecule has 0 bridgehead atoms. The summed E-state index contributed by atoms with van der Waals surface area (Å²) in [6, 6.07) is 4.23. The van der Waals surface area contributed by atoms with Crippen LogP contribution in [0.5, 0.6) is 0 Å². The van der Waals surface area contributed by atoms with E-state index in [0.717, 1.165) is 0 Å². The zero-order valence-electron chi connectivity index (χ0n) is 6.87. The Morgan fingerprint density at radius 1 is 1.77 bits per heavy atom. The van der Waals surface area contributed by atoms with E-state index in [-0.39, 0.29) is 11.0 Å². The molecule has 68 valence electrons. The summed E-state index contributed by atoms with van der Waals surface area (Å²) in [4.78, 5) is 11.2. The summed E-state index contributed by atoms with van der Waals surface area (Å²) in [7, 11) is 0. The molecule has 1 aromatic rings. The van der Waals surface area contributed by atoms with E-state index in [1.807, 2.05) is 6.07 Å². The monoisotopic (exact) mass is 198 g/mol. The molecule has 0 radical (unpaired) electrons. The summed E-state index contributed by atoms with van der Waals surface area (Å²) in [5, 5.41) is 11.0. The van der Waals surface area contributed by atoms with Gasteiger partial charge in [-0.1, -0.05) is 0 Å². The standard InChI is InChI=1S/C8H7ClN2O2/c1-5(4-10)11-8(12)6-2-3-7(9)13-6/h2-3,5H,1H3,(H,11,12)/t5-/m0/s1. The normalized spacial score (nSPS) is 11.8. The van der Waals surface area contributed by atoms with Crippen LogP contribution in [0.25, 0.3) is 0 Å². The third kappa shape index (κ3) is 2.49. The topological polar surface area (TPSA) is 66.0 Å². The van der Waals surface area contributed by atoms with Gasteiger partial charge in [0.1, 0.15) is 6.04 Å². The second-order valence-corrected chi connectivity index (χ2v) is 2.80. The molecule has 5 heteroatoms. The van der Waals surface area contributed by atoms with Crippen molar-refractivity contribution >= 4 is 17.5 Å². The number of amides is 1. The molecule has 1 heterocycles. The van der Waals surface area contributed by atoms with Crippen LogP contribution in [0.15, 0.2) is 16.5 Å². The summed E-state index contributed by atoms with van der Waals surface area (Å²) in [6.07, 6.45) is 0. The van der Waals surface area contributed by atoms with Crippen molar-refractivity contribution in [3.8, 4) is 6.07 Å². The quantitative estimate of drug-likeness (QED) is 0.785. The number of furan rings is 1. The van der Waals surface area contributed by atoms with Crippen molar-refractivity contribution in [2.45, 2.75) is 13.0 Å². The second-order valence-electron chi connectivity index (χ2n) is 2.43. The Labute approximate surface area is 80.1 Å². The largest absolute Gasteiger partial charge is 0.440 e. The molecule has 1 atom stereocenters. The number of hydrogen-bond acceptors (Lipinski definition) is 3. The van der Waals surface area contributed by atoms with Crippen molar-refractivity contribution < 1.29 is 9.21 Å². The number of carbonyl (C=O) groups excluding carboxylic acids is 1. The molecular formula is C8H7ClN2O2. The molecule has 1 N–H and O–H groups in total. The van der Waals surface area contributed by atoms with Crippen LogP contribution in [-0.2, 0) is 0 Å². The molecule has 0 aliphatic heterocycles. The van der Waals surface area contributed by atoms with E-state index >= 15 is 0 Å². The van der Waals surface area contributed by atoms with E-state index < -0.39 is 11.9 Å². The molecule has 0 aromatic carbocycles. The molecule has 0 unspecified atom stereocenters. The Kier molecular flexibility index (Phi) is 2.93. The van der Waals surface area contributed by atoms with E-state index in [0.29, 0.717) is 0 Å². The SMILES string of the molecule is C[C@@H](C#N)NC(=O)c1ccc(Cl)o1. The van der Waals surface area contributed by atoms with Gasteiger partial charge in [0.05, 0.1) is 6.07 Å². The lowest BCUT2D eigenvalue weighted by molar-refractivity contribution is 0.0920. The average molecular weight is 199 g/mol. The summed E-state index contributed by atoms with van der Waals surface area (Å²) < 4.78 is 4.83. The molecule has 0 saturated carbocycles. The fourth-order valence-corrected chi connectivity index (χ4v) is 0.882. The van der Waals surface area contributed by atoms with Crippen LogP contribution in [0.4, 0.5) is 0 Å². The molecule has 0 fully saturated rings. The smallest absolute Gasteiger partial charge is 0.288 e. The summed E-state index contributed by atoms with van der Waals surface area (Å²) in [5.74, 6) is -0.340. The third-order valence-electron chi connectivity index (χ3n) is 1.34. The van der Waals surface area contributed by atoms with E-state index in [1.165, 1.54) is 12.1 Å². The predicted octanol–water partition coefficient (Wildman–Crippen LogP) is 1.57. The van der Waals surface area contributed by atoms with Crippen LogP contribution in [0.1, 0.15) is 17.5 Å². The van der Waals surface area contributed by atoms with Crippen LogP contribution in [0.3, 0.4) is 0 Å². The number of rotatable bonds is 2. The van der Waals surface area contributed by atoms with Gasteiger partial charge in [0.25, 0.3) is 5.91 Å². The van der Waals surface area contributed by atoms with Gasteiger partial charge < -0.3 is 9.73 Å². The molecule has 1 rings (SSSR count). The highest BCUT2D eigenvalue weighted by molar-refractivity contribution is 6.29. The lowest BCUT2D eigenvalue weighted by Gasteiger charge is -2.02. The molecule has 0 aliphatic carbocycles. The van der Waals surface area contributed by atoms with Crippen LogP contribution in [0, 0.1) is 11.3 Å². The first-order valence-electron chi connectivity index (χ1n) is 3.59. The fraction of sp³-hybridized carbons (Fsp3) is 0.250. The van der Waals surface area contributed by atoms with Crippen LogP contribution >= 0.6 is 11.6 Å². The van der Waals surface area contributed by atoms with Gasteiger partial charge in [-0.05, 0) is 30.7 Å². The highest BCUT2D eigenvalue weighted by atomic mass is 35.5. The van der Waals surface area contributed by atoms with Gasteiger partial charge in [0.2, 0.25) is 0 Å². The van der Waals surface area contributed by atoms with Crippen molar-refractivity contribution in [1.82, 2.24) is 5.32 Å². The Balaban J connectivity index is 2.65. The first-order valence-corrected chi connectivity index (χ1v) is 3.97. The summed E-state index contributed by atoms with van der Waals surface area (Å²) in [6.45, 7) is 1.57. The number of nitrogens with zero attached hydrogens (tertiary/aromatic N) is 1. The number of hydrogen-bond donors (Lipinski definition) is 1. The van der Waals surface area contributed by atoms with Gasteiger partial charge in [-0.2, -0.15) is 5.26 Å². The highest BCUT2D eigenvalue weighted by Crippen LogP contribution is 2.12. The minimum absolute atomic E-state index is 0.104. The lowest BCUT2D eigenvalue weighted by Crippen LogP contribution is -2.30. The van der Waals surface area contributed by atoms with Crippen LogP contribution < -0.4 is 5.32 Å². The average Bonchev–Trinajstić information content (AvgIpc) is 2.51. The van der Waals surface area contributed by atoms with Gasteiger partial charge in [-0.15, -0.1) is 0 Å². The molecule has 0 saturated heterocycles. The summed E-state index contributed by atoms with van der Waals surface area (Å²) in [5.41, 5.74) is 0. The zero-order valence-corrected chi connectivity index (χ0v) is 7.63. The minimum Gasteiger partial charge on any atom is -0.440 e. The number of nitriles is 1. The van der Waals surface area contributed by atoms with Gasteiger partial charge in [0.15, 0.2) is 11.0 Å². The molecular weight excluding hydrogens is 192 g/mol. The maximum atomic E-state index is 11.2. The van der Waals surface area contributed by atoms with Crippen molar-refractivity contribution in [3.63, 3.8) is 0 Å². The van der Waals surface area contributed by atoms with E-state index in [4.69, 9.17) is 21.3 Å². The highest BCUT2D eigenvalue weighted by Gasteiger charge is 2.12. The molecule has 0 aliphatic rings. The van der Waals surface area contributed by atoms with Crippen molar-refractivity contribution in [2.24, 2.45) is 0 Å². The predicted molar refractivity (Wildman–Crippen MR) is 46.3 cm³/mol. The molecule has 1 amide bonds. The van der Waals surface area contributed by atoms with Gasteiger partial charge >= 0.3 is 0 Å². The zero-order chi connectivity index (χ0) is 9.84. The minimum atomic E-state index is -0.545. The van der Waals surface area contributed by atoms with Crippen LogP contribution in [0.2, 0.25) is 5.22 Å². The Morgan fingerprint density at radius 2 is 2.46 bits per heavy atom. The van der Waals surface area contributed by atoms with Gasteiger partial charge in [-0.25, -0.2) is 0 Å². The second kappa shape index (κ2) is 3.97. The summed E-state index contributed by atoms with van der Waals surface area (Å²) >= 11 is 5.46. The molecule has 1 aromatic heterocycles. The number of carbonyl (C=O) groups is 1. The van der Waals surface area contributed by atoms with Crippen molar-refractivity contribution in [1.29, 1.82) is 5.26 Å². The van der Waals surface area contributed by atoms with E-state index in [9.17, 15) is 4.79 Å². The number of nitrogens with one attached hydrogen (secondary N) is 1. The number of halogens is 1. The maximum Gasteiger partial charge on any atom is 0.288 e. The van der Waals surface area contributed by atoms with E-state index in [1.54, 1.807) is 6.92 Å². The Hall–Kier alpha value is -1.47. The van der Waals surface area contributed by atoms with Crippen molar-refractivity contribution in [3.05, 3.63) is 23.1 Å². The molecule has 0 spiro atoms. The molecule has 4 nitrogen and oxygen atoms in total. The fourth-order valence-electron chi connectivity index (χ4n) is 0.736. The first-order chi connectivity index (χ1) is 6.13. The maximum absolute atomic E-state index is 11.2. The Morgan fingerprint density at radius 3 is 2.92 bits per heavy atom. The van der Waals surface area contributed by atoms with Crippen molar-refractivity contribution in [2.75, 3.05) is 0 Å². The van der Waals surface area contributed by atoms with Crippen LogP contribution in [-0.4, -0.2) is 11.9 Å². The van der Waals surface area contributed by atoms with Gasteiger partial charge in [0, 0.05) is 0 Å². The first kappa shape index (κ1) is 9.62. The lowest BCUT2D eigenvalue weighted by atomic mass is 10.3. The third-order valence-corrected chi connectivity index (χ3v) is 1.54.